The van der Waals surface area contributed by atoms with Gasteiger partial charge in [-0.15, -0.1) is 0 Å². The summed E-state index contributed by atoms with van der Waals surface area (Å²) < 4.78 is 5.46. The Morgan fingerprint density at radius 3 is 2.49 bits per heavy atom. The molecule has 2 atom stereocenters. The first-order valence-corrected chi connectivity index (χ1v) is 13.0. The minimum Gasteiger partial charge on any atom is -0.378 e. The molecule has 0 aliphatic carbocycles. The molecule has 8 nitrogen and oxygen atoms in total. The third-order valence-corrected chi connectivity index (χ3v) is 7.56. The molecule has 0 bridgehead atoms. The van der Waals surface area contributed by atoms with Crippen LogP contribution in [0.3, 0.4) is 0 Å². The summed E-state index contributed by atoms with van der Waals surface area (Å²) in [6, 6.07) is 14.4. The van der Waals surface area contributed by atoms with E-state index in [-0.39, 0.29) is 24.4 Å². The topological polar surface area (TPSA) is 82.2 Å². The number of carbonyl (C=O) groups excluding carboxylic acids is 3. The summed E-state index contributed by atoms with van der Waals surface area (Å²) in [7, 11) is 0. The molecule has 8 heteroatoms. The zero-order valence-corrected chi connectivity index (χ0v) is 21.7. The molecular weight excluding hydrogens is 468 g/mol. The van der Waals surface area contributed by atoms with Crippen molar-refractivity contribution in [2.75, 3.05) is 39.4 Å². The molecule has 2 aromatic carbocycles. The maximum absolute atomic E-state index is 14.2. The SMILES string of the molecule is CCN1C(=O)N[C@H](c2ccc(C)cc2C)C2=C1CN([C@@H](Cc1ccccc1)C(=O)N1CCOCC1)C2=O. The van der Waals surface area contributed by atoms with E-state index in [1.807, 2.05) is 63.2 Å². The van der Waals surface area contributed by atoms with Gasteiger partial charge in [-0.25, -0.2) is 4.79 Å². The van der Waals surface area contributed by atoms with Gasteiger partial charge < -0.3 is 19.9 Å². The second-order valence-electron chi connectivity index (χ2n) is 9.92. The predicted octanol–water partition coefficient (Wildman–Crippen LogP) is 2.96. The van der Waals surface area contributed by atoms with Crippen molar-refractivity contribution in [3.05, 3.63) is 82.1 Å². The van der Waals surface area contributed by atoms with E-state index in [9.17, 15) is 14.4 Å². The fourth-order valence-corrected chi connectivity index (χ4v) is 5.65. The van der Waals surface area contributed by atoms with Gasteiger partial charge in [0.05, 0.1) is 37.1 Å². The standard InChI is InChI=1S/C29H34N4O4/c1-4-32-24-18-33(23(17-21-8-6-5-7-9-21)27(34)31-12-14-37-15-13-31)28(35)25(24)26(30-29(32)36)22-11-10-19(2)16-20(22)3/h5-11,16,23,26H,4,12-15,17-18H2,1-3H3,(H,30,36)/t23-,26+/m0/s1. The van der Waals surface area contributed by atoms with Gasteiger partial charge in [-0.3, -0.25) is 14.5 Å². The highest BCUT2D eigenvalue weighted by Gasteiger charge is 2.47. The number of amides is 4. The molecule has 1 N–H and O–H groups in total. The van der Waals surface area contributed by atoms with Crippen LogP contribution in [0.2, 0.25) is 0 Å². The largest absolute Gasteiger partial charge is 0.378 e. The number of carbonyl (C=O) groups is 3. The molecule has 0 spiro atoms. The van der Waals surface area contributed by atoms with Crippen LogP contribution >= 0.6 is 0 Å². The van der Waals surface area contributed by atoms with Crippen LogP contribution < -0.4 is 5.32 Å². The second kappa shape index (κ2) is 10.4. The number of rotatable bonds is 6. The Balaban J connectivity index is 1.53. The van der Waals surface area contributed by atoms with Crippen molar-refractivity contribution >= 4 is 17.8 Å². The first-order valence-electron chi connectivity index (χ1n) is 13.0. The fraction of sp³-hybridized carbons (Fsp3) is 0.414. The molecule has 4 amide bonds. The Kier molecular flexibility index (Phi) is 7.02. The van der Waals surface area contributed by atoms with E-state index in [4.69, 9.17) is 4.74 Å². The smallest absolute Gasteiger partial charge is 0.322 e. The summed E-state index contributed by atoms with van der Waals surface area (Å²) in [6.07, 6.45) is 0.408. The number of morpholine rings is 1. The summed E-state index contributed by atoms with van der Waals surface area (Å²) in [5.41, 5.74) is 5.26. The van der Waals surface area contributed by atoms with Gasteiger partial charge in [0.15, 0.2) is 0 Å². The van der Waals surface area contributed by atoms with Crippen LogP contribution in [-0.4, -0.2) is 78.0 Å². The highest BCUT2D eigenvalue weighted by Crippen LogP contribution is 2.38. The summed E-state index contributed by atoms with van der Waals surface area (Å²) in [6.45, 7) is 8.57. The number of ether oxygens (including phenoxy) is 1. The van der Waals surface area contributed by atoms with Gasteiger partial charge in [-0.05, 0) is 37.5 Å². The second-order valence-corrected chi connectivity index (χ2v) is 9.92. The normalized spacial score (nSPS) is 20.7. The Bertz CT molecular complexity index is 1240. The lowest BCUT2D eigenvalue weighted by atomic mass is 9.91. The quantitative estimate of drug-likeness (QED) is 0.659. The van der Waals surface area contributed by atoms with Crippen molar-refractivity contribution in [1.29, 1.82) is 0 Å². The van der Waals surface area contributed by atoms with E-state index in [2.05, 4.69) is 11.4 Å². The van der Waals surface area contributed by atoms with Crippen molar-refractivity contribution in [2.45, 2.75) is 39.3 Å². The molecule has 194 valence electrons. The van der Waals surface area contributed by atoms with E-state index in [0.29, 0.717) is 50.5 Å². The van der Waals surface area contributed by atoms with E-state index in [1.54, 1.807) is 14.7 Å². The Morgan fingerprint density at radius 1 is 1.08 bits per heavy atom. The monoisotopic (exact) mass is 502 g/mol. The maximum Gasteiger partial charge on any atom is 0.322 e. The molecule has 0 radical (unpaired) electrons. The fourth-order valence-electron chi connectivity index (χ4n) is 5.65. The van der Waals surface area contributed by atoms with Gasteiger partial charge in [0.25, 0.3) is 5.91 Å². The van der Waals surface area contributed by atoms with Gasteiger partial charge in [0.2, 0.25) is 5.91 Å². The van der Waals surface area contributed by atoms with Crippen molar-refractivity contribution in [1.82, 2.24) is 20.0 Å². The third-order valence-electron chi connectivity index (χ3n) is 7.56. The minimum atomic E-state index is -0.674. The lowest BCUT2D eigenvalue weighted by Gasteiger charge is -2.35. The van der Waals surface area contributed by atoms with Crippen LogP contribution in [0.4, 0.5) is 4.79 Å². The number of hydrogen-bond donors (Lipinski definition) is 1. The Hall–Kier alpha value is -3.65. The van der Waals surface area contributed by atoms with Crippen LogP contribution in [0, 0.1) is 13.8 Å². The number of nitrogens with zero attached hydrogens (tertiary/aromatic N) is 3. The van der Waals surface area contributed by atoms with Crippen LogP contribution in [0.5, 0.6) is 0 Å². The maximum atomic E-state index is 14.2. The number of likely N-dealkylation sites (N-methyl/N-ethyl adjacent to an activating group) is 1. The molecule has 1 saturated heterocycles. The summed E-state index contributed by atoms with van der Waals surface area (Å²) >= 11 is 0. The number of aryl methyl sites for hydroxylation is 2. The van der Waals surface area contributed by atoms with Crippen molar-refractivity contribution in [3.8, 4) is 0 Å². The predicted molar refractivity (Wildman–Crippen MR) is 140 cm³/mol. The first-order chi connectivity index (χ1) is 17.9. The van der Waals surface area contributed by atoms with Gasteiger partial charge in [0, 0.05) is 26.1 Å². The molecule has 2 aromatic rings. The van der Waals surface area contributed by atoms with Crippen molar-refractivity contribution < 1.29 is 19.1 Å². The van der Waals surface area contributed by atoms with Crippen molar-refractivity contribution in [3.63, 3.8) is 0 Å². The average molecular weight is 503 g/mol. The minimum absolute atomic E-state index is 0.0780. The molecule has 5 rings (SSSR count). The third kappa shape index (κ3) is 4.73. The number of hydrogen-bond acceptors (Lipinski definition) is 4. The van der Waals surface area contributed by atoms with E-state index in [0.717, 1.165) is 22.3 Å². The summed E-state index contributed by atoms with van der Waals surface area (Å²) in [5, 5.41) is 3.07. The highest BCUT2D eigenvalue weighted by molar-refractivity contribution is 6.03. The Morgan fingerprint density at radius 2 is 1.81 bits per heavy atom. The molecule has 0 unspecified atom stereocenters. The van der Waals surface area contributed by atoms with Crippen LogP contribution in [0.1, 0.15) is 35.2 Å². The van der Waals surface area contributed by atoms with Gasteiger partial charge in [-0.1, -0.05) is 54.1 Å². The first kappa shape index (κ1) is 25.0. The molecule has 0 saturated carbocycles. The van der Waals surface area contributed by atoms with E-state index in [1.165, 1.54) is 0 Å². The summed E-state index contributed by atoms with van der Waals surface area (Å²) in [4.78, 5) is 46.3. The number of nitrogens with one attached hydrogen (secondary N) is 1. The van der Waals surface area contributed by atoms with Crippen molar-refractivity contribution in [2.24, 2.45) is 0 Å². The number of benzene rings is 2. The zero-order valence-electron chi connectivity index (χ0n) is 21.7. The molecule has 3 aliphatic rings. The molecule has 3 aliphatic heterocycles. The number of urea groups is 1. The van der Waals surface area contributed by atoms with Gasteiger partial charge in [-0.2, -0.15) is 0 Å². The molecule has 3 heterocycles. The van der Waals surface area contributed by atoms with E-state index < -0.39 is 12.1 Å². The molecule has 1 fully saturated rings. The van der Waals surface area contributed by atoms with Gasteiger partial charge >= 0.3 is 6.03 Å². The lowest BCUT2D eigenvalue weighted by molar-refractivity contribution is -0.145. The summed E-state index contributed by atoms with van der Waals surface area (Å²) in [5.74, 6) is -0.272. The van der Waals surface area contributed by atoms with E-state index >= 15 is 0 Å². The Labute approximate surface area is 217 Å². The van der Waals surface area contributed by atoms with Gasteiger partial charge in [0.1, 0.15) is 6.04 Å². The lowest BCUT2D eigenvalue weighted by Crippen LogP contribution is -2.53. The zero-order chi connectivity index (χ0) is 26.1. The van der Waals surface area contributed by atoms with Crippen LogP contribution in [0.25, 0.3) is 0 Å². The molecular formula is C29H34N4O4. The highest BCUT2D eigenvalue weighted by atomic mass is 16.5. The van der Waals surface area contributed by atoms with Crippen LogP contribution in [-0.2, 0) is 20.7 Å². The molecule has 37 heavy (non-hydrogen) atoms. The molecule has 0 aromatic heterocycles. The average Bonchev–Trinajstić information content (AvgIpc) is 3.24. The van der Waals surface area contributed by atoms with Crippen LogP contribution in [0.15, 0.2) is 59.8 Å².